The summed E-state index contributed by atoms with van der Waals surface area (Å²) in [5.41, 5.74) is -0.811. The second-order valence-corrected chi connectivity index (χ2v) is 4.94. The fourth-order valence-electron chi connectivity index (χ4n) is 2.28. The zero-order valence-electron chi connectivity index (χ0n) is 11.6. The van der Waals surface area contributed by atoms with Crippen molar-refractivity contribution in [2.75, 3.05) is 0 Å². The summed E-state index contributed by atoms with van der Waals surface area (Å²) < 4.78 is 27.8. The van der Waals surface area contributed by atoms with Gasteiger partial charge in [0.25, 0.3) is 11.1 Å². The van der Waals surface area contributed by atoms with Crippen LogP contribution in [0.15, 0.2) is 46.1 Å². The molecule has 0 aliphatic carbocycles. The number of halogens is 2. The summed E-state index contributed by atoms with van der Waals surface area (Å²) in [5, 5.41) is 9.02. The van der Waals surface area contributed by atoms with Crippen LogP contribution in [0.2, 0.25) is 0 Å². The van der Waals surface area contributed by atoms with Gasteiger partial charge in [-0.2, -0.15) is 5.26 Å². The predicted molar refractivity (Wildman–Crippen MR) is 79.0 cm³/mol. The Labute approximate surface area is 128 Å². The third-order valence-electron chi connectivity index (χ3n) is 3.46. The third-order valence-corrected chi connectivity index (χ3v) is 3.46. The average Bonchev–Trinajstić information content (AvgIpc) is 2.52. The van der Waals surface area contributed by atoms with Crippen LogP contribution in [0.25, 0.3) is 10.9 Å². The van der Waals surface area contributed by atoms with E-state index in [2.05, 4.69) is 4.98 Å². The predicted octanol–water partition coefficient (Wildman–Crippen LogP) is 1.89. The maximum absolute atomic E-state index is 13.7. The minimum Gasteiger partial charge on any atom is -0.321 e. The van der Waals surface area contributed by atoms with Gasteiger partial charge in [-0.05, 0) is 18.2 Å². The highest BCUT2D eigenvalue weighted by atomic mass is 19.1. The van der Waals surface area contributed by atoms with Crippen LogP contribution in [-0.4, -0.2) is 9.55 Å². The number of rotatable bonds is 2. The van der Waals surface area contributed by atoms with Crippen LogP contribution in [0, 0.1) is 23.0 Å². The lowest BCUT2D eigenvalue weighted by Gasteiger charge is -2.08. The highest BCUT2D eigenvalue weighted by molar-refractivity contribution is 5.78. The SMILES string of the molecule is N#Cc1cc2c(=O)n(Cc3ccc(F)cc3F)ccc2[nH]c1=O. The van der Waals surface area contributed by atoms with Gasteiger partial charge in [0.1, 0.15) is 23.3 Å². The molecule has 5 nitrogen and oxygen atoms in total. The van der Waals surface area contributed by atoms with Gasteiger partial charge in [-0.1, -0.05) is 6.07 Å². The number of fused-ring (bicyclic) bond motifs is 1. The van der Waals surface area contributed by atoms with E-state index in [1.165, 1.54) is 29.0 Å². The molecule has 7 heteroatoms. The standard InChI is InChI=1S/C16H9F2N3O2/c17-11-2-1-9(13(18)6-11)8-21-4-3-14-12(16(21)23)5-10(7-19)15(22)20-14/h1-6H,8H2,(H,20,22). The number of nitrogens with zero attached hydrogens (tertiary/aromatic N) is 2. The lowest BCUT2D eigenvalue weighted by molar-refractivity contribution is 0.565. The maximum atomic E-state index is 13.7. The summed E-state index contributed by atoms with van der Waals surface area (Å²) in [6.45, 7) is -0.0953. The minimum atomic E-state index is -0.754. The molecule has 114 valence electrons. The van der Waals surface area contributed by atoms with E-state index in [-0.39, 0.29) is 28.6 Å². The first-order chi connectivity index (χ1) is 11.0. The van der Waals surface area contributed by atoms with Crippen molar-refractivity contribution in [2.24, 2.45) is 0 Å². The van der Waals surface area contributed by atoms with Crippen molar-refractivity contribution in [3.63, 3.8) is 0 Å². The van der Waals surface area contributed by atoms with Gasteiger partial charge in [0, 0.05) is 17.8 Å². The number of benzene rings is 1. The van der Waals surface area contributed by atoms with Gasteiger partial charge in [0.15, 0.2) is 0 Å². The summed E-state index contributed by atoms with van der Waals surface area (Å²) in [6, 6.07) is 7.50. The number of nitriles is 1. The lowest BCUT2D eigenvalue weighted by Crippen LogP contribution is -2.22. The van der Waals surface area contributed by atoms with Crippen molar-refractivity contribution in [3.8, 4) is 6.07 Å². The summed E-state index contributed by atoms with van der Waals surface area (Å²) >= 11 is 0. The van der Waals surface area contributed by atoms with Crippen LogP contribution < -0.4 is 11.1 Å². The van der Waals surface area contributed by atoms with E-state index >= 15 is 0 Å². The molecule has 3 rings (SSSR count). The lowest BCUT2D eigenvalue weighted by atomic mass is 10.2. The number of nitrogens with one attached hydrogen (secondary N) is 1. The van der Waals surface area contributed by atoms with E-state index in [0.717, 1.165) is 12.1 Å². The summed E-state index contributed by atoms with van der Waals surface area (Å²) in [5.74, 6) is -1.45. The zero-order valence-corrected chi connectivity index (χ0v) is 11.6. The number of aromatic nitrogens is 2. The van der Waals surface area contributed by atoms with Gasteiger partial charge < -0.3 is 9.55 Å². The molecule has 0 fully saturated rings. The van der Waals surface area contributed by atoms with E-state index in [4.69, 9.17) is 5.26 Å². The zero-order chi connectivity index (χ0) is 16.6. The smallest absolute Gasteiger partial charge is 0.266 e. The number of hydrogen-bond donors (Lipinski definition) is 1. The molecule has 23 heavy (non-hydrogen) atoms. The van der Waals surface area contributed by atoms with Crippen LogP contribution in [0.3, 0.4) is 0 Å². The quantitative estimate of drug-likeness (QED) is 0.784. The monoisotopic (exact) mass is 313 g/mol. The van der Waals surface area contributed by atoms with Gasteiger partial charge in [0.05, 0.1) is 17.4 Å². The molecule has 0 aliphatic heterocycles. The molecule has 0 amide bonds. The van der Waals surface area contributed by atoms with Crippen molar-refractivity contribution < 1.29 is 8.78 Å². The fraction of sp³-hybridized carbons (Fsp3) is 0.0625. The molecular weight excluding hydrogens is 304 g/mol. The van der Waals surface area contributed by atoms with Gasteiger partial charge in [-0.3, -0.25) is 9.59 Å². The van der Waals surface area contributed by atoms with Crippen molar-refractivity contribution in [1.29, 1.82) is 5.26 Å². The minimum absolute atomic E-state index is 0.0953. The third kappa shape index (κ3) is 2.62. The fourth-order valence-corrected chi connectivity index (χ4v) is 2.28. The molecule has 0 saturated carbocycles. The molecule has 2 aromatic heterocycles. The van der Waals surface area contributed by atoms with E-state index in [1.54, 1.807) is 6.07 Å². The molecule has 0 bridgehead atoms. The topological polar surface area (TPSA) is 78.7 Å². The van der Waals surface area contributed by atoms with Crippen molar-refractivity contribution in [1.82, 2.24) is 9.55 Å². The number of aromatic amines is 1. The molecule has 2 heterocycles. The Morgan fingerprint density at radius 3 is 2.65 bits per heavy atom. The molecule has 0 aliphatic rings. The summed E-state index contributed by atoms with van der Waals surface area (Å²) in [7, 11) is 0. The van der Waals surface area contributed by atoms with Crippen molar-refractivity contribution in [2.45, 2.75) is 6.54 Å². The number of pyridine rings is 2. The Hall–Kier alpha value is -3.27. The largest absolute Gasteiger partial charge is 0.321 e. The summed E-state index contributed by atoms with van der Waals surface area (Å²) in [6.07, 6.45) is 1.40. The van der Waals surface area contributed by atoms with E-state index in [9.17, 15) is 18.4 Å². The number of H-pyrrole nitrogens is 1. The average molecular weight is 313 g/mol. The van der Waals surface area contributed by atoms with Crippen LogP contribution >= 0.6 is 0 Å². The highest BCUT2D eigenvalue weighted by Gasteiger charge is 2.10. The van der Waals surface area contributed by atoms with Crippen LogP contribution in [0.4, 0.5) is 8.78 Å². The molecule has 0 atom stereocenters. The Morgan fingerprint density at radius 1 is 1.17 bits per heavy atom. The second-order valence-electron chi connectivity index (χ2n) is 4.94. The van der Waals surface area contributed by atoms with Gasteiger partial charge in [-0.25, -0.2) is 8.78 Å². The van der Waals surface area contributed by atoms with Crippen LogP contribution in [0.1, 0.15) is 11.1 Å². The first-order valence-corrected chi connectivity index (χ1v) is 6.60. The Balaban J connectivity index is 2.14. The van der Waals surface area contributed by atoms with Crippen molar-refractivity contribution in [3.05, 3.63) is 80.0 Å². The Bertz CT molecular complexity index is 1080. The van der Waals surface area contributed by atoms with E-state index < -0.39 is 22.8 Å². The second kappa shape index (κ2) is 5.50. The van der Waals surface area contributed by atoms with E-state index in [1.807, 2.05) is 0 Å². The van der Waals surface area contributed by atoms with Gasteiger partial charge in [0.2, 0.25) is 0 Å². The summed E-state index contributed by atoms with van der Waals surface area (Å²) in [4.78, 5) is 26.4. The molecular formula is C16H9F2N3O2. The molecule has 1 N–H and O–H groups in total. The molecule has 0 spiro atoms. The normalized spacial score (nSPS) is 10.7. The molecule has 0 radical (unpaired) electrons. The molecule has 0 saturated heterocycles. The highest BCUT2D eigenvalue weighted by Crippen LogP contribution is 2.12. The number of hydrogen-bond acceptors (Lipinski definition) is 3. The molecule has 0 unspecified atom stereocenters. The molecule has 3 aromatic rings. The van der Waals surface area contributed by atoms with Crippen LogP contribution in [-0.2, 0) is 6.54 Å². The Morgan fingerprint density at radius 2 is 1.96 bits per heavy atom. The first kappa shape index (κ1) is 14.7. The van der Waals surface area contributed by atoms with Gasteiger partial charge >= 0.3 is 0 Å². The first-order valence-electron chi connectivity index (χ1n) is 6.60. The van der Waals surface area contributed by atoms with Crippen molar-refractivity contribution >= 4 is 10.9 Å². The van der Waals surface area contributed by atoms with Gasteiger partial charge in [-0.15, -0.1) is 0 Å². The van der Waals surface area contributed by atoms with Crippen LogP contribution in [0.5, 0.6) is 0 Å². The van der Waals surface area contributed by atoms with E-state index in [0.29, 0.717) is 0 Å². The Kier molecular flexibility index (Phi) is 3.50. The molecule has 1 aromatic carbocycles. The maximum Gasteiger partial charge on any atom is 0.266 e.